The summed E-state index contributed by atoms with van der Waals surface area (Å²) >= 11 is 1.98. The van der Waals surface area contributed by atoms with Crippen molar-refractivity contribution in [3.05, 3.63) is 40.5 Å². The van der Waals surface area contributed by atoms with Crippen LogP contribution in [0.1, 0.15) is 35.1 Å². The van der Waals surface area contributed by atoms with Gasteiger partial charge in [0.15, 0.2) is 0 Å². The first kappa shape index (κ1) is 16.6. The average Bonchev–Trinajstić information content (AvgIpc) is 3.28. The van der Waals surface area contributed by atoms with Gasteiger partial charge in [-0.2, -0.15) is 0 Å². The smallest absolute Gasteiger partial charge is 0.147 e. The number of nitrogens with one attached hydrogen (secondary N) is 2. The van der Waals surface area contributed by atoms with E-state index in [1.807, 2.05) is 17.5 Å². The molecule has 4 aliphatic rings. The number of hydrogen-bond donors (Lipinski definition) is 2. The summed E-state index contributed by atoms with van der Waals surface area (Å²) in [6, 6.07) is 5.75. The van der Waals surface area contributed by atoms with E-state index in [9.17, 15) is 0 Å². The van der Waals surface area contributed by atoms with E-state index in [-0.39, 0.29) is 0 Å². The molecule has 0 spiro atoms. The van der Waals surface area contributed by atoms with Crippen LogP contribution in [0.5, 0.6) is 0 Å². The highest BCUT2D eigenvalue weighted by molar-refractivity contribution is 7.12. The van der Waals surface area contributed by atoms with Gasteiger partial charge in [0.25, 0.3) is 0 Å². The summed E-state index contributed by atoms with van der Waals surface area (Å²) in [5.74, 6) is 1.76. The normalized spacial score (nSPS) is 29.2. The number of piperidine rings is 1. The molecule has 6 nitrogen and oxygen atoms in total. The number of aromatic nitrogens is 2. The van der Waals surface area contributed by atoms with Crippen molar-refractivity contribution in [1.29, 1.82) is 0 Å². The minimum Gasteiger partial charge on any atom is -0.353 e. The second-order valence-electron chi connectivity index (χ2n) is 7.71. The number of fused-ring (bicyclic) bond motifs is 4. The molecule has 7 heteroatoms. The lowest BCUT2D eigenvalue weighted by Crippen LogP contribution is -2.43. The summed E-state index contributed by atoms with van der Waals surface area (Å²) in [4.78, 5) is 16.9. The van der Waals surface area contributed by atoms with Crippen LogP contribution < -0.4 is 15.8 Å². The highest BCUT2D eigenvalue weighted by Crippen LogP contribution is 2.33. The monoisotopic (exact) mass is 370 g/mol. The Kier molecular flexibility index (Phi) is 4.62. The molecule has 6 rings (SSSR count). The zero-order chi connectivity index (χ0) is 17.3. The lowest BCUT2D eigenvalue weighted by molar-refractivity contribution is 0.128. The second kappa shape index (κ2) is 7.23. The van der Waals surface area contributed by atoms with E-state index in [1.54, 1.807) is 12.4 Å². The summed E-state index contributed by atoms with van der Waals surface area (Å²) in [5, 5.41) is 0. The third-order valence-corrected chi connectivity index (χ3v) is 7.10. The topological polar surface area (TPSA) is 56.3 Å². The molecule has 6 heterocycles. The van der Waals surface area contributed by atoms with E-state index in [0.717, 1.165) is 37.9 Å². The molecule has 0 saturated carbocycles. The molecular formula is C19H26N6S. The number of hydrazine groups is 1. The average molecular weight is 371 g/mol. The van der Waals surface area contributed by atoms with E-state index in [4.69, 9.17) is 0 Å². The van der Waals surface area contributed by atoms with Crippen molar-refractivity contribution in [2.45, 2.75) is 37.9 Å². The zero-order valence-corrected chi connectivity index (χ0v) is 15.8. The van der Waals surface area contributed by atoms with E-state index >= 15 is 0 Å². The van der Waals surface area contributed by atoms with Crippen LogP contribution in [0.3, 0.4) is 0 Å². The van der Waals surface area contributed by atoms with Crippen LogP contribution in [-0.4, -0.2) is 47.1 Å². The molecule has 2 aromatic heterocycles. The van der Waals surface area contributed by atoms with Crippen LogP contribution in [0.4, 0.5) is 5.82 Å². The number of nitrogens with zero attached hydrogens (tertiary/aromatic N) is 4. The fourth-order valence-electron chi connectivity index (χ4n) is 4.58. The van der Waals surface area contributed by atoms with Crippen molar-refractivity contribution < 1.29 is 0 Å². The molecule has 0 aromatic carbocycles. The molecule has 4 saturated heterocycles. The van der Waals surface area contributed by atoms with Gasteiger partial charge in [0.1, 0.15) is 5.82 Å². The Morgan fingerprint density at radius 1 is 1.12 bits per heavy atom. The van der Waals surface area contributed by atoms with Crippen LogP contribution in [0.2, 0.25) is 0 Å². The van der Waals surface area contributed by atoms with Gasteiger partial charge in [0.05, 0.1) is 12.2 Å². The molecule has 2 N–H and O–H groups in total. The van der Waals surface area contributed by atoms with E-state index in [2.05, 4.69) is 42.8 Å². The maximum Gasteiger partial charge on any atom is 0.147 e. The quantitative estimate of drug-likeness (QED) is 0.860. The summed E-state index contributed by atoms with van der Waals surface area (Å²) in [5.41, 5.74) is 6.62. The zero-order valence-electron chi connectivity index (χ0n) is 15.0. The fourth-order valence-corrected chi connectivity index (χ4v) is 5.70. The largest absolute Gasteiger partial charge is 0.353 e. The van der Waals surface area contributed by atoms with Gasteiger partial charge in [-0.05, 0) is 37.3 Å². The molecule has 1 unspecified atom stereocenters. The van der Waals surface area contributed by atoms with Crippen molar-refractivity contribution in [3.63, 3.8) is 0 Å². The molecule has 26 heavy (non-hydrogen) atoms. The molecule has 4 fully saturated rings. The van der Waals surface area contributed by atoms with Crippen LogP contribution in [0.15, 0.2) is 30.7 Å². The standard InChI is InChI=1S/C19H26N6S/c1-2-15-12-25(19-9-20-7-8-21-19)11-14(1)10-24(15)13-16-3-4-18(26-16)17-5-6-22-23-17/h3-4,7-9,14-15,17,22-23H,1-2,5-6,10-13H2/t14-,15-,17?/m1/s1. The fraction of sp³-hybridized carbons (Fsp3) is 0.579. The number of anilines is 1. The summed E-state index contributed by atoms with van der Waals surface area (Å²) in [6.45, 7) is 5.53. The summed E-state index contributed by atoms with van der Waals surface area (Å²) < 4.78 is 0. The SMILES string of the molecule is c1cnc(N2C[C@@H]3CC[C@H](C2)N(Cc2ccc(C4CCNN4)s2)C3)cn1. The predicted octanol–water partition coefficient (Wildman–Crippen LogP) is 2.18. The van der Waals surface area contributed by atoms with Gasteiger partial charge < -0.3 is 4.90 Å². The van der Waals surface area contributed by atoms with Gasteiger partial charge in [-0.1, -0.05) is 0 Å². The highest BCUT2D eigenvalue weighted by Gasteiger charge is 2.35. The summed E-state index contributed by atoms with van der Waals surface area (Å²) in [6.07, 6.45) is 9.29. The Labute approximate surface area is 158 Å². The van der Waals surface area contributed by atoms with Crippen molar-refractivity contribution in [3.8, 4) is 0 Å². The Morgan fingerprint density at radius 2 is 2.12 bits per heavy atom. The number of hydrogen-bond acceptors (Lipinski definition) is 7. The molecule has 0 aliphatic carbocycles. The Hall–Kier alpha value is -1.54. The van der Waals surface area contributed by atoms with Crippen molar-refractivity contribution >= 4 is 17.2 Å². The first-order valence-corrected chi connectivity index (χ1v) is 10.5. The van der Waals surface area contributed by atoms with Gasteiger partial charge in [-0.25, -0.2) is 10.4 Å². The van der Waals surface area contributed by atoms with Gasteiger partial charge in [-0.15, -0.1) is 11.3 Å². The van der Waals surface area contributed by atoms with Crippen molar-refractivity contribution in [1.82, 2.24) is 25.7 Å². The van der Waals surface area contributed by atoms with Crippen LogP contribution in [-0.2, 0) is 6.54 Å². The Balaban J connectivity index is 1.28. The lowest BCUT2D eigenvalue weighted by Gasteiger charge is -2.35. The maximum absolute atomic E-state index is 4.53. The third kappa shape index (κ3) is 3.36. The Bertz CT molecular complexity index is 729. The van der Waals surface area contributed by atoms with Crippen molar-refractivity contribution in [2.24, 2.45) is 5.92 Å². The molecule has 0 amide bonds. The molecule has 3 atom stereocenters. The minimum absolute atomic E-state index is 0.487. The molecule has 4 aliphatic heterocycles. The molecular weight excluding hydrogens is 344 g/mol. The van der Waals surface area contributed by atoms with Gasteiger partial charge in [0, 0.05) is 60.9 Å². The van der Waals surface area contributed by atoms with Crippen molar-refractivity contribution in [2.75, 3.05) is 31.1 Å². The molecule has 138 valence electrons. The van der Waals surface area contributed by atoms with Gasteiger partial charge >= 0.3 is 0 Å². The van der Waals surface area contributed by atoms with Gasteiger partial charge in [-0.3, -0.25) is 15.3 Å². The first-order valence-electron chi connectivity index (χ1n) is 9.67. The highest BCUT2D eigenvalue weighted by atomic mass is 32.1. The van der Waals surface area contributed by atoms with Gasteiger partial charge in [0.2, 0.25) is 0 Å². The molecule has 0 radical (unpaired) electrons. The number of thiophene rings is 1. The minimum atomic E-state index is 0.487. The van der Waals surface area contributed by atoms with E-state index < -0.39 is 0 Å². The number of rotatable bonds is 4. The Morgan fingerprint density at radius 3 is 2.96 bits per heavy atom. The van der Waals surface area contributed by atoms with Crippen LogP contribution in [0, 0.1) is 5.92 Å². The molecule has 2 aromatic rings. The second-order valence-corrected chi connectivity index (χ2v) is 8.91. The lowest BCUT2D eigenvalue weighted by atomic mass is 9.95. The summed E-state index contributed by atoms with van der Waals surface area (Å²) in [7, 11) is 0. The van der Waals surface area contributed by atoms with E-state index in [0.29, 0.717) is 12.1 Å². The maximum atomic E-state index is 4.53. The van der Waals surface area contributed by atoms with Crippen LogP contribution >= 0.6 is 11.3 Å². The first-order chi connectivity index (χ1) is 12.8. The van der Waals surface area contributed by atoms with Crippen LogP contribution in [0.25, 0.3) is 0 Å². The third-order valence-electron chi connectivity index (χ3n) is 5.92. The van der Waals surface area contributed by atoms with E-state index in [1.165, 1.54) is 35.6 Å². The molecule has 2 bridgehead atoms. The predicted molar refractivity (Wildman–Crippen MR) is 104 cm³/mol.